The van der Waals surface area contributed by atoms with Crippen molar-refractivity contribution < 1.29 is 41.9 Å². The third-order valence-electron chi connectivity index (χ3n) is 6.02. The molecular weight excluding hydrogens is 547 g/mol. The molecule has 14 heteroatoms. The van der Waals surface area contributed by atoms with E-state index in [0.29, 0.717) is 22.3 Å². The maximum atomic E-state index is 13.4. The number of benzene rings is 1. The first kappa shape index (κ1) is 29.5. The Labute approximate surface area is 229 Å². The van der Waals surface area contributed by atoms with E-state index >= 15 is 0 Å². The van der Waals surface area contributed by atoms with Gasteiger partial charge in [0.2, 0.25) is 0 Å². The van der Waals surface area contributed by atoms with Gasteiger partial charge in [0, 0.05) is 42.3 Å². The number of ether oxygens (including phenoxy) is 3. The molecule has 0 amide bonds. The summed E-state index contributed by atoms with van der Waals surface area (Å²) >= 11 is 0. The number of rotatable bonds is 7. The van der Waals surface area contributed by atoms with Gasteiger partial charge in [-0.15, -0.1) is 0 Å². The van der Waals surface area contributed by atoms with Crippen molar-refractivity contribution in [2.24, 2.45) is 0 Å². The van der Waals surface area contributed by atoms with Gasteiger partial charge >= 0.3 is 25.5 Å². The molecule has 0 bridgehead atoms. The van der Waals surface area contributed by atoms with Crippen molar-refractivity contribution >= 4 is 19.8 Å². The fraction of sp³-hybridized carbons (Fsp3) is 0.462. The molecule has 1 N–H and O–H groups in total. The summed E-state index contributed by atoms with van der Waals surface area (Å²) in [6.45, 7) is 9.31. The van der Waals surface area contributed by atoms with Crippen LogP contribution in [-0.4, -0.2) is 34.2 Å². The molecule has 0 spiro atoms. The first-order valence-corrected chi connectivity index (χ1v) is 13.9. The molecule has 2 aromatic rings. The van der Waals surface area contributed by atoms with Gasteiger partial charge < -0.3 is 18.7 Å². The Kier molecular flexibility index (Phi) is 8.23. The predicted octanol–water partition coefficient (Wildman–Crippen LogP) is 3.45. The number of phosphoric acid groups is 1. The van der Waals surface area contributed by atoms with Gasteiger partial charge in [0.05, 0.1) is 13.2 Å². The van der Waals surface area contributed by atoms with Gasteiger partial charge in [-0.1, -0.05) is 26.8 Å². The van der Waals surface area contributed by atoms with Crippen LogP contribution in [0.3, 0.4) is 0 Å². The lowest BCUT2D eigenvalue weighted by molar-refractivity contribution is -0.186. The van der Waals surface area contributed by atoms with Crippen LogP contribution in [0.1, 0.15) is 69.4 Å². The second-order valence-electron chi connectivity index (χ2n) is 10.4. The average molecular weight is 579 g/mol. The highest BCUT2D eigenvalue weighted by Gasteiger charge is 2.39. The third kappa shape index (κ3) is 6.61. The second-order valence-corrected chi connectivity index (χ2v) is 12.0. The molecule has 0 saturated carbocycles. The normalized spacial score (nSPS) is 22.1. The number of esters is 2. The van der Waals surface area contributed by atoms with Crippen LogP contribution >= 0.6 is 7.82 Å². The minimum atomic E-state index is -4.09. The molecule has 216 valence electrons. The van der Waals surface area contributed by atoms with Crippen molar-refractivity contribution in [3.05, 3.63) is 73.6 Å². The molecule has 0 saturated heterocycles. The van der Waals surface area contributed by atoms with Crippen LogP contribution in [0, 0.1) is 6.92 Å². The highest BCUT2D eigenvalue weighted by molar-refractivity contribution is 7.49. The SMILES string of the molecule is CC(=O)OC(OC(C)=O)c1cc2c(c(C(C)(C)C)c1)O[P@@](=O)(OC[C@@H]1C=C[C@H](n3cc(C)c(=O)[nH]c3=O)O1)OC2. The molecule has 3 heterocycles. The number of H-pyrrole nitrogens is 1. The zero-order valence-electron chi connectivity index (χ0n) is 22.9. The highest BCUT2D eigenvalue weighted by Crippen LogP contribution is 2.57. The van der Waals surface area contributed by atoms with Gasteiger partial charge in [0.1, 0.15) is 11.9 Å². The molecule has 1 aromatic heterocycles. The van der Waals surface area contributed by atoms with Gasteiger partial charge in [-0.05, 0) is 30.5 Å². The molecule has 0 unspecified atom stereocenters. The van der Waals surface area contributed by atoms with Gasteiger partial charge in [0.15, 0.2) is 6.23 Å². The quantitative estimate of drug-likeness (QED) is 0.222. The summed E-state index contributed by atoms with van der Waals surface area (Å²) < 4.78 is 47.8. The lowest BCUT2D eigenvalue weighted by Gasteiger charge is -2.32. The van der Waals surface area contributed by atoms with E-state index in [1.807, 2.05) is 20.8 Å². The number of fused-ring (bicyclic) bond motifs is 1. The summed E-state index contributed by atoms with van der Waals surface area (Å²) in [4.78, 5) is 49.3. The summed E-state index contributed by atoms with van der Waals surface area (Å²) in [7, 11) is -4.09. The van der Waals surface area contributed by atoms with Crippen molar-refractivity contribution in [3.63, 3.8) is 0 Å². The van der Waals surface area contributed by atoms with E-state index in [9.17, 15) is 23.7 Å². The summed E-state index contributed by atoms with van der Waals surface area (Å²) in [5, 5.41) is 0. The molecule has 2 aliphatic rings. The summed E-state index contributed by atoms with van der Waals surface area (Å²) in [5.41, 5.74) is 0.159. The number of carbonyl (C=O) groups excluding carboxylic acids is 2. The van der Waals surface area contributed by atoms with E-state index in [4.69, 9.17) is 27.8 Å². The van der Waals surface area contributed by atoms with Crippen molar-refractivity contribution in [1.29, 1.82) is 0 Å². The Balaban J connectivity index is 1.52. The van der Waals surface area contributed by atoms with E-state index < -0.39 is 55.0 Å². The number of nitrogens with zero attached hydrogens (tertiary/aromatic N) is 1. The first-order valence-electron chi connectivity index (χ1n) is 12.4. The summed E-state index contributed by atoms with van der Waals surface area (Å²) in [6.07, 6.45) is 1.88. The van der Waals surface area contributed by atoms with E-state index in [-0.39, 0.29) is 19.0 Å². The minimum Gasteiger partial charge on any atom is -0.421 e. The van der Waals surface area contributed by atoms with Crippen LogP contribution in [0.15, 0.2) is 40.1 Å². The van der Waals surface area contributed by atoms with Crippen molar-refractivity contribution in [3.8, 4) is 5.75 Å². The number of aromatic amines is 1. The van der Waals surface area contributed by atoms with Crippen LogP contribution in [0.4, 0.5) is 0 Å². The minimum absolute atomic E-state index is 0.160. The van der Waals surface area contributed by atoms with Crippen LogP contribution in [-0.2, 0) is 49.4 Å². The monoisotopic (exact) mass is 578 g/mol. The number of phosphoric ester groups is 1. The fourth-order valence-electron chi connectivity index (χ4n) is 4.12. The number of hydrogen-bond donors (Lipinski definition) is 1. The van der Waals surface area contributed by atoms with Gasteiger partial charge in [-0.2, -0.15) is 0 Å². The zero-order valence-corrected chi connectivity index (χ0v) is 23.8. The number of nitrogens with one attached hydrogen (secondary N) is 1. The molecule has 2 aliphatic heterocycles. The van der Waals surface area contributed by atoms with E-state index in [1.54, 1.807) is 31.2 Å². The maximum absolute atomic E-state index is 13.4. The van der Waals surface area contributed by atoms with E-state index in [0.717, 1.165) is 0 Å². The predicted molar refractivity (Wildman–Crippen MR) is 140 cm³/mol. The molecule has 0 aliphatic carbocycles. The molecule has 4 rings (SSSR count). The molecule has 1 aromatic carbocycles. The second kappa shape index (κ2) is 11.2. The van der Waals surface area contributed by atoms with Gasteiger partial charge in [-0.25, -0.2) is 9.36 Å². The molecule has 0 radical (unpaired) electrons. The summed E-state index contributed by atoms with van der Waals surface area (Å²) in [6, 6.07) is 3.24. The molecule has 40 heavy (non-hydrogen) atoms. The molecule has 0 fully saturated rings. The Hall–Kier alpha value is -3.51. The van der Waals surface area contributed by atoms with Crippen LogP contribution < -0.4 is 15.8 Å². The highest BCUT2D eigenvalue weighted by atomic mass is 31.2. The zero-order chi connectivity index (χ0) is 29.4. The van der Waals surface area contributed by atoms with Gasteiger partial charge in [0.25, 0.3) is 11.8 Å². The molecule has 13 nitrogen and oxygen atoms in total. The van der Waals surface area contributed by atoms with Crippen LogP contribution in [0.5, 0.6) is 5.75 Å². The van der Waals surface area contributed by atoms with E-state index in [1.165, 1.54) is 24.6 Å². The first-order chi connectivity index (χ1) is 18.6. The Morgan fingerprint density at radius 3 is 2.45 bits per heavy atom. The lowest BCUT2D eigenvalue weighted by atomic mass is 9.84. The number of aromatic nitrogens is 2. The smallest absolute Gasteiger partial charge is 0.421 e. The largest absolute Gasteiger partial charge is 0.530 e. The summed E-state index contributed by atoms with van der Waals surface area (Å²) in [5.74, 6) is -0.999. The standard InChI is InChI=1S/C26H31N2O11P/c1-14-11-28(25(32)27-23(14)31)21-8-7-19(38-21)13-35-40(33)34-12-18-9-17(24(36-15(2)29)37-16(3)30)10-20(22(18)39-40)26(4,5)6/h7-11,19,21,24H,12-13H2,1-6H3,(H,27,31,32)/t19-,21+,40+/m0/s1. The lowest BCUT2D eigenvalue weighted by Crippen LogP contribution is -2.33. The number of carbonyl (C=O) groups is 2. The van der Waals surface area contributed by atoms with Crippen LogP contribution in [0.2, 0.25) is 0 Å². The maximum Gasteiger partial charge on any atom is 0.530 e. The fourth-order valence-corrected chi connectivity index (χ4v) is 5.36. The average Bonchev–Trinajstić information content (AvgIpc) is 3.32. The topological polar surface area (TPSA) is 161 Å². The number of aryl methyl sites for hydroxylation is 1. The van der Waals surface area contributed by atoms with Crippen molar-refractivity contribution in [2.75, 3.05) is 6.61 Å². The Bertz CT molecular complexity index is 1500. The van der Waals surface area contributed by atoms with Gasteiger partial charge in [-0.3, -0.25) is 33.0 Å². The van der Waals surface area contributed by atoms with Crippen molar-refractivity contribution in [1.82, 2.24) is 9.55 Å². The Morgan fingerprint density at radius 2 is 1.82 bits per heavy atom. The van der Waals surface area contributed by atoms with E-state index in [2.05, 4.69) is 4.98 Å². The molecule has 3 atom stereocenters. The van der Waals surface area contributed by atoms with Crippen molar-refractivity contribution in [2.45, 2.75) is 72.2 Å². The molecular formula is C26H31N2O11P. The number of hydrogen-bond acceptors (Lipinski definition) is 11. The third-order valence-corrected chi connectivity index (χ3v) is 7.33. The Morgan fingerprint density at radius 1 is 1.15 bits per heavy atom. The van der Waals surface area contributed by atoms with Crippen LogP contribution in [0.25, 0.3) is 0 Å².